The molecule has 4 nitrogen and oxygen atoms in total. The van der Waals surface area contributed by atoms with Gasteiger partial charge in [0.25, 0.3) is 0 Å². The summed E-state index contributed by atoms with van der Waals surface area (Å²) in [6.07, 6.45) is 2.95. The van der Waals surface area contributed by atoms with Crippen LogP contribution >= 0.6 is 0 Å². The molecule has 0 bridgehead atoms. The van der Waals surface area contributed by atoms with E-state index in [-0.39, 0.29) is 23.7 Å². The lowest BCUT2D eigenvalue weighted by atomic mass is 9.82. The van der Waals surface area contributed by atoms with Gasteiger partial charge in [0.2, 0.25) is 5.91 Å². The summed E-state index contributed by atoms with van der Waals surface area (Å²) < 4.78 is 19.3. The average Bonchev–Trinajstić information content (AvgIpc) is 2.74. The van der Waals surface area contributed by atoms with Crippen molar-refractivity contribution in [3.63, 3.8) is 0 Å². The van der Waals surface area contributed by atoms with Gasteiger partial charge in [0.1, 0.15) is 5.82 Å². The van der Waals surface area contributed by atoms with Crippen molar-refractivity contribution in [1.29, 1.82) is 0 Å². The van der Waals surface area contributed by atoms with E-state index < -0.39 is 0 Å². The number of hydrogen-bond acceptors (Lipinski definition) is 3. The minimum atomic E-state index is -0.247. The molecule has 1 N–H and O–H groups in total. The van der Waals surface area contributed by atoms with Crippen molar-refractivity contribution in [2.45, 2.75) is 31.2 Å². The number of rotatable bonds is 5. The molecule has 1 aliphatic carbocycles. The van der Waals surface area contributed by atoms with Crippen LogP contribution in [0.4, 0.5) is 4.39 Å². The van der Waals surface area contributed by atoms with E-state index in [1.54, 1.807) is 12.1 Å². The lowest BCUT2D eigenvalue weighted by Crippen LogP contribution is -2.44. The SMILES string of the molecule is O=C(NCC(c1cccc(F)c1)N1CCOCC1)C1CCCc2ccccc21. The van der Waals surface area contributed by atoms with Gasteiger partial charge in [-0.2, -0.15) is 0 Å². The second-order valence-electron chi connectivity index (χ2n) is 7.61. The first kappa shape index (κ1) is 19.1. The van der Waals surface area contributed by atoms with E-state index in [0.717, 1.165) is 43.5 Å². The number of fused-ring (bicyclic) bond motifs is 1. The third-order valence-electron chi connectivity index (χ3n) is 5.88. The van der Waals surface area contributed by atoms with Crippen molar-refractivity contribution < 1.29 is 13.9 Å². The molecule has 2 aromatic carbocycles. The van der Waals surface area contributed by atoms with Crippen molar-refractivity contribution in [2.75, 3.05) is 32.8 Å². The van der Waals surface area contributed by atoms with Gasteiger partial charge in [-0.15, -0.1) is 0 Å². The van der Waals surface area contributed by atoms with Gasteiger partial charge in [0.15, 0.2) is 0 Å². The number of halogens is 1. The summed E-state index contributed by atoms with van der Waals surface area (Å²) in [7, 11) is 0. The van der Waals surface area contributed by atoms with Gasteiger partial charge in [-0.25, -0.2) is 4.39 Å². The van der Waals surface area contributed by atoms with Gasteiger partial charge in [-0.05, 0) is 48.1 Å². The first-order valence-corrected chi connectivity index (χ1v) is 10.1. The maximum absolute atomic E-state index is 13.8. The van der Waals surface area contributed by atoms with Crippen LogP contribution in [-0.2, 0) is 16.0 Å². The standard InChI is InChI=1S/C23H27FN2O2/c24-19-8-3-7-18(15-19)22(26-11-13-28-14-12-26)16-25-23(27)21-10-4-6-17-5-1-2-9-20(17)21/h1-3,5,7-9,15,21-22H,4,6,10-14,16H2,(H,25,27). The largest absolute Gasteiger partial charge is 0.379 e. The number of carbonyl (C=O) groups excluding carboxylic acids is 1. The Morgan fingerprint density at radius 1 is 1.18 bits per heavy atom. The van der Waals surface area contributed by atoms with Gasteiger partial charge in [-0.1, -0.05) is 36.4 Å². The molecule has 2 aromatic rings. The number of amides is 1. The topological polar surface area (TPSA) is 41.6 Å². The lowest BCUT2D eigenvalue weighted by Gasteiger charge is -2.35. The van der Waals surface area contributed by atoms with Crippen LogP contribution in [0.5, 0.6) is 0 Å². The van der Waals surface area contributed by atoms with Crippen LogP contribution in [-0.4, -0.2) is 43.7 Å². The predicted octanol–water partition coefficient (Wildman–Crippen LogP) is 3.44. The summed E-state index contributed by atoms with van der Waals surface area (Å²) in [5.41, 5.74) is 3.33. The summed E-state index contributed by atoms with van der Waals surface area (Å²) >= 11 is 0. The molecule has 148 valence electrons. The van der Waals surface area contributed by atoms with E-state index in [1.165, 1.54) is 11.6 Å². The van der Waals surface area contributed by atoms with Gasteiger partial charge < -0.3 is 10.1 Å². The van der Waals surface area contributed by atoms with E-state index in [1.807, 2.05) is 18.2 Å². The highest BCUT2D eigenvalue weighted by molar-refractivity contribution is 5.84. The monoisotopic (exact) mass is 382 g/mol. The molecule has 0 radical (unpaired) electrons. The van der Waals surface area contributed by atoms with E-state index in [2.05, 4.69) is 22.3 Å². The zero-order chi connectivity index (χ0) is 19.3. The van der Waals surface area contributed by atoms with E-state index in [9.17, 15) is 9.18 Å². The molecule has 1 aliphatic heterocycles. The van der Waals surface area contributed by atoms with Crippen molar-refractivity contribution in [3.8, 4) is 0 Å². The maximum atomic E-state index is 13.8. The molecule has 1 heterocycles. The molecule has 4 rings (SSSR count). The van der Waals surface area contributed by atoms with Crippen LogP contribution < -0.4 is 5.32 Å². The summed E-state index contributed by atoms with van der Waals surface area (Å²) in [5.74, 6) is -0.270. The Hall–Kier alpha value is -2.24. The molecule has 0 saturated carbocycles. The quantitative estimate of drug-likeness (QED) is 0.861. The Labute approximate surface area is 165 Å². The Kier molecular flexibility index (Phi) is 6.03. The molecule has 28 heavy (non-hydrogen) atoms. The summed E-state index contributed by atoms with van der Waals surface area (Å²) in [5, 5.41) is 3.16. The normalized spacial score (nSPS) is 21.0. The number of ether oxygens (including phenoxy) is 1. The molecule has 2 aliphatic rings. The van der Waals surface area contributed by atoms with Crippen LogP contribution in [0.3, 0.4) is 0 Å². The second kappa shape index (κ2) is 8.84. The molecular formula is C23H27FN2O2. The van der Waals surface area contributed by atoms with E-state index in [4.69, 9.17) is 4.74 Å². The number of carbonyl (C=O) groups is 1. The highest BCUT2D eigenvalue weighted by Gasteiger charge is 2.28. The van der Waals surface area contributed by atoms with Crippen molar-refractivity contribution in [1.82, 2.24) is 10.2 Å². The zero-order valence-electron chi connectivity index (χ0n) is 16.1. The minimum Gasteiger partial charge on any atom is -0.379 e. The molecule has 1 amide bonds. The molecule has 1 saturated heterocycles. The fraction of sp³-hybridized carbons (Fsp3) is 0.435. The predicted molar refractivity (Wildman–Crippen MR) is 107 cm³/mol. The fourth-order valence-electron chi connectivity index (χ4n) is 4.41. The third-order valence-corrected chi connectivity index (χ3v) is 5.88. The molecular weight excluding hydrogens is 355 g/mol. The molecule has 0 spiro atoms. The number of hydrogen-bond donors (Lipinski definition) is 1. The minimum absolute atomic E-state index is 0.0533. The first-order chi connectivity index (χ1) is 13.7. The lowest BCUT2D eigenvalue weighted by molar-refractivity contribution is -0.123. The summed E-state index contributed by atoms with van der Waals surface area (Å²) in [6.45, 7) is 3.36. The molecule has 5 heteroatoms. The number of benzene rings is 2. The summed E-state index contributed by atoms with van der Waals surface area (Å²) in [4.78, 5) is 15.3. The number of nitrogens with one attached hydrogen (secondary N) is 1. The second-order valence-corrected chi connectivity index (χ2v) is 7.61. The van der Waals surface area contributed by atoms with Crippen LogP contribution in [0.15, 0.2) is 48.5 Å². The maximum Gasteiger partial charge on any atom is 0.227 e. The van der Waals surface area contributed by atoms with Crippen molar-refractivity contribution >= 4 is 5.91 Å². The Bertz CT molecular complexity index is 820. The molecule has 2 unspecified atom stereocenters. The van der Waals surface area contributed by atoms with Crippen LogP contribution in [0.1, 0.15) is 41.5 Å². The highest BCUT2D eigenvalue weighted by atomic mass is 19.1. The first-order valence-electron chi connectivity index (χ1n) is 10.1. The van der Waals surface area contributed by atoms with Gasteiger partial charge in [0, 0.05) is 19.6 Å². The Morgan fingerprint density at radius 2 is 2.00 bits per heavy atom. The van der Waals surface area contributed by atoms with Gasteiger partial charge in [-0.3, -0.25) is 9.69 Å². The summed E-state index contributed by atoms with van der Waals surface area (Å²) in [6, 6.07) is 14.9. The smallest absolute Gasteiger partial charge is 0.227 e. The molecule has 0 aromatic heterocycles. The van der Waals surface area contributed by atoms with Crippen LogP contribution in [0.25, 0.3) is 0 Å². The Balaban J connectivity index is 1.49. The zero-order valence-corrected chi connectivity index (χ0v) is 16.1. The average molecular weight is 382 g/mol. The van der Waals surface area contributed by atoms with Gasteiger partial charge in [0.05, 0.1) is 25.2 Å². The highest BCUT2D eigenvalue weighted by Crippen LogP contribution is 2.32. The van der Waals surface area contributed by atoms with Gasteiger partial charge >= 0.3 is 0 Å². The molecule has 2 atom stereocenters. The van der Waals surface area contributed by atoms with Crippen LogP contribution in [0, 0.1) is 5.82 Å². The number of aryl methyl sites for hydroxylation is 1. The van der Waals surface area contributed by atoms with Crippen molar-refractivity contribution in [3.05, 3.63) is 71.0 Å². The molecule has 1 fully saturated rings. The number of morpholine rings is 1. The van der Waals surface area contributed by atoms with Crippen molar-refractivity contribution in [2.24, 2.45) is 0 Å². The number of nitrogens with zero attached hydrogens (tertiary/aromatic N) is 1. The Morgan fingerprint density at radius 3 is 2.82 bits per heavy atom. The van der Waals surface area contributed by atoms with E-state index in [0.29, 0.717) is 19.8 Å². The third kappa shape index (κ3) is 4.26. The van der Waals surface area contributed by atoms with E-state index >= 15 is 0 Å². The fourth-order valence-corrected chi connectivity index (χ4v) is 4.41. The van der Waals surface area contributed by atoms with Crippen LogP contribution in [0.2, 0.25) is 0 Å².